The first kappa shape index (κ1) is 16.0. The molecule has 2 aromatic rings. The van der Waals surface area contributed by atoms with Crippen molar-refractivity contribution in [3.63, 3.8) is 0 Å². The number of pyridine rings is 1. The second kappa shape index (κ2) is 7.57. The van der Waals surface area contributed by atoms with E-state index in [0.29, 0.717) is 5.82 Å². The molecule has 1 aromatic carbocycles. The Labute approximate surface area is 138 Å². The molecule has 0 spiro atoms. The molecule has 0 bridgehead atoms. The van der Waals surface area contributed by atoms with Crippen LogP contribution in [0.4, 0.5) is 5.82 Å². The minimum Gasteiger partial charge on any atom is -0.383 e. The molecule has 2 heterocycles. The highest BCUT2D eigenvalue weighted by atomic mass is 15.2. The summed E-state index contributed by atoms with van der Waals surface area (Å²) >= 11 is 0. The predicted molar refractivity (Wildman–Crippen MR) is 94.8 cm³/mol. The monoisotopic (exact) mass is 310 g/mol. The molecule has 1 fully saturated rings. The zero-order valence-corrected chi connectivity index (χ0v) is 13.9. The van der Waals surface area contributed by atoms with Crippen LogP contribution in [0.2, 0.25) is 0 Å². The zero-order chi connectivity index (χ0) is 16.1. The van der Waals surface area contributed by atoms with E-state index in [1.807, 2.05) is 6.07 Å². The molecule has 1 saturated heterocycles. The Kier molecular flexibility index (Phi) is 5.26. The van der Waals surface area contributed by atoms with Gasteiger partial charge in [0, 0.05) is 37.9 Å². The van der Waals surface area contributed by atoms with E-state index in [9.17, 15) is 0 Å². The molecule has 1 aromatic heterocycles. The van der Waals surface area contributed by atoms with Gasteiger partial charge in [0.2, 0.25) is 0 Å². The maximum Gasteiger partial charge on any atom is 0.127 e. The first-order valence-corrected chi connectivity index (χ1v) is 8.35. The highest BCUT2D eigenvalue weighted by molar-refractivity contribution is 5.38. The summed E-state index contributed by atoms with van der Waals surface area (Å²) in [6, 6.07) is 14.8. The second-order valence-corrected chi connectivity index (χ2v) is 6.62. The van der Waals surface area contributed by atoms with Crippen LogP contribution < -0.4 is 5.73 Å². The van der Waals surface area contributed by atoms with E-state index in [1.54, 1.807) is 6.20 Å². The average molecular weight is 310 g/mol. The summed E-state index contributed by atoms with van der Waals surface area (Å²) in [5.41, 5.74) is 8.47. The number of nitrogens with two attached hydrogens (primary N) is 1. The Balaban J connectivity index is 1.47. The van der Waals surface area contributed by atoms with E-state index < -0.39 is 0 Å². The SMILES string of the molecule is CN(Cc1cccnc1N)CC1CCN(Cc2ccccc2)C1. The van der Waals surface area contributed by atoms with Crippen molar-refractivity contribution in [3.05, 3.63) is 59.8 Å². The van der Waals surface area contributed by atoms with Gasteiger partial charge in [0.15, 0.2) is 0 Å². The van der Waals surface area contributed by atoms with Gasteiger partial charge in [0.1, 0.15) is 5.82 Å². The van der Waals surface area contributed by atoms with Gasteiger partial charge in [-0.05, 0) is 37.6 Å². The van der Waals surface area contributed by atoms with Crippen LogP contribution in [0.5, 0.6) is 0 Å². The van der Waals surface area contributed by atoms with Crippen LogP contribution >= 0.6 is 0 Å². The molecule has 0 aliphatic carbocycles. The van der Waals surface area contributed by atoms with E-state index in [2.05, 4.69) is 58.2 Å². The maximum atomic E-state index is 5.94. The molecule has 4 heteroatoms. The summed E-state index contributed by atoms with van der Waals surface area (Å²) in [4.78, 5) is 9.09. The minimum absolute atomic E-state index is 0.650. The van der Waals surface area contributed by atoms with E-state index in [1.165, 1.54) is 25.1 Å². The van der Waals surface area contributed by atoms with Crippen LogP contribution in [0, 0.1) is 5.92 Å². The van der Waals surface area contributed by atoms with Gasteiger partial charge in [-0.15, -0.1) is 0 Å². The zero-order valence-electron chi connectivity index (χ0n) is 13.9. The molecule has 0 amide bonds. The number of hydrogen-bond donors (Lipinski definition) is 1. The Morgan fingerprint density at radius 2 is 2.04 bits per heavy atom. The van der Waals surface area contributed by atoms with Crippen molar-refractivity contribution in [1.29, 1.82) is 0 Å². The molecule has 4 nitrogen and oxygen atoms in total. The first-order chi connectivity index (χ1) is 11.2. The van der Waals surface area contributed by atoms with Crippen molar-refractivity contribution in [1.82, 2.24) is 14.8 Å². The third-order valence-corrected chi connectivity index (χ3v) is 4.56. The fourth-order valence-electron chi connectivity index (χ4n) is 3.43. The van der Waals surface area contributed by atoms with Gasteiger partial charge in [-0.1, -0.05) is 36.4 Å². The van der Waals surface area contributed by atoms with E-state index in [4.69, 9.17) is 5.73 Å². The number of hydrogen-bond acceptors (Lipinski definition) is 4. The molecule has 1 aliphatic rings. The molecule has 1 unspecified atom stereocenters. The van der Waals surface area contributed by atoms with Gasteiger partial charge in [0.05, 0.1) is 0 Å². The van der Waals surface area contributed by atoms with Gasteiger partial charge in [0.25, 0.3) is 0 Å². The Morgan fingerprint density at radius 3 is 2.83 bits per heavy atom. The topological polar surface area (TPSA) is 45.4 Å². The van der Waals surface area contributed by atoms with Gasteiger partial charge in [-0.2, -0.15) is 0 Å². The lowest BCUT2D eigenvalue weighted by atomic mass is 10.1. The van der Waals surface area contributed by atoms with E-state index in [0.717, 1.165) is 31.1 Å². The third-order valence-electron chi connectivity index (χ3n) is 4.56. The van der Waals surface area contributed by atoms with Crippen molar-refractivity contribution >= 4 is 5.82 Å². The van der Waals surface area contributed by atoms with Crippen molar-refractivity contribution < 1.29 is 0 Å². The van der Waals surface area contributed by atoms with E-state index in [-0.39, 0.29) is 0 Å². The van der Waals surface area contributed by atoms with Crippen LogP contribution in [0.15, 0.2) is 48.7 Å². The lowest BCUT2D eigenvalue weighted by Crippen LogP contribution is -2.28. The Hall–Kier alpha value is -1.91. The highest BCUT2D eigenvalue weighted by Crippen LogP contribution is 2.20. The number of benzene rings is 1. The maximum absolute atomic E-state index is 5.94. The molecule has 1 atom stereocenters. The lowest BCUT2D eigenvalue weighted by Gasteiger charge is -2.22. The molecule has 122 valence electrons. The number of rotatable bonds is 6. The standard InChI is InChI=1S/C19H26N4/c1-22(15-18-8-5-10-21-19(18)20)12-17-9-11-23(14-17)13-16-6-3-2-4-7-16/h2-8,10,17H,9,11-15H2,1H3,(H2,20,21). The molecular weight excluding hydrogens is 284 g/mol. The Morgan fingerprint density at radius 1 is 1.22 bits per heavy atom. The van der Waals surface area contributed by atoms with Crippen LogP contribution in [0.25, 0.3) is 0 Å². The van der Waals surface area contributed by atoms with Crippen molar-refractivity contribution in [2.24, 2.45) is 5.92 Å². The van der Waals surface area contributed by atoms with Gasteiger partial charge in [-0.25, -0.2) is 4.98 Å². The van der Waals surface area contributed by atoms with Gasteiger partial charge in [-0.3, -0.25) is 4.90 Å². The molecule has 1 aliphatic heterocycles. The van der Waals surface area contributed by atoms with Gasteiger partial charge < -0.3 is 10.6 Å². The summed E-state index contributed by atoms with van der Waals surface area (Å²) in [7, 11) is 2.17. The van der Waals surface area contributed by atoms with Crippen molar-refractivity contribution in [2.75, 3.05) is 32.4 Å². The summed E-state index contributed by atoms with van der Waals surface area (Å²) < 4.78 is 0. The highest BCUT2D eigenvalue weighted by Gasteiger charge is 2.23. The first-order valence-electron chi connectivity index (χ1n) is 8.35. The smallest absolute Gasteiger partial charge is 0.127 e. The van der Waals surface area contributed by atoms with E-state index >= 15 is 0 Å². The molecule has 0 saturated carbocycles. The Bertz CT molecular complexity index is 614. The summed E-state index contributed by atoms with van der Waals surface area (Å²) in [6.45, 7) is 5.43. The van der Waals surface area contributed by atoms with Crippen molar-refractivity contribution in [3.8, 4) is 0 Å². The molecular formula is C19H26N4. The second-order valence-electron chi connectivity index (χ2n) is 6.62. The van der Waals surface area contributed by atoms with Crippen molar-refractivity contribution in [2.45, 2.75) is 19.5 Å². The van der Waals surface area contributed by atoms with Gasteiger partial charge >= 0.3 is 0 Å². The number of nitrogen functional groups attached to an aromatic ring is 1. The molecule has 2 N–H and O–H groups in total. The number of nitrogens with zero attached hydrogens (tertiary/aromatic N) is 3. The third kappa shape index (κ3) is 4.53. The van der Waals surface area contributed by atoms with Crippen LogP contribution in [0.3, 0.4) is 0 Å². The predicted octanol–water partition coefficient (Wildman–Crippen LogP) is 2.62. The lowest BCUT2D eigenvalue weighted by molar-refractivity contribution is 0.255. The summed E-state index contributed by atoms with van der Waals surface area (Å²) in [6.07, 6.45) is 3.02. The van der Waals surface area contributed by atoms with Crippen LogP contribution in [-0.4, -0.2) is 41.5 Å². The fourth-order valence-corrected chi connectivity index (χ4v) is 3.43. The molecule has 23 heavy (non-hydrogen) atoms. The van der Waals surface area contributed by atoms with Crippen LogP contribution in [0.1, 0.15) is 17.5 Å². The normalized spacial score (nSPS) is 18.6. The number of anilines is 1. The molecule has 0 radical (unpaired) electrons. The summed E-state index contributed by atoms with van der Waals surface area (Å²) in [5.74, 6) is 1.39. The quantitative estimate of drug-likeness (QED) is 0.891. The molecule has 3 rings (SSSR count). The average Bonchev–Trinajstić information content (AvgIpc) is 2.97. The summed E-state index contributed by atoms with van der Waals surface area (Å²) in [5, 5.41) is 0. The minimum atomic E-state index is 0.650. The fraction of sp³-hybridized carbons (Fsp3) is 0.421. The number of likely N-dealkylation sites (tertiary alicyclic amines) is 1. The largest absolute Gasteiger partial charge is 0.383 e. The number of aromatic nitrogens is 1. The van der Waals surface area contributed by atoms with Crippen LogP contribution in [-0.2, 0) is 13.1 Å².